The number of fused-ring (bicyclic) bond motifs is 1. The maximum absolute atomic E-state index is 14.3. The van der Waals surface area contributed by atoms with Crippen LogP contribution in [0.3, 0.4) is 0 Å². The van der Waals surface area contributed by atoms with Crippen LogP contribution in [0.15, 0.2) is 48.5 Å². The third-order valence-corrected chi connectivity index (χ3v) is 3.85. The molecule has 0 heterocycles. The average Bonchev–Trinajstić information content (AvgIpc) is 2.58. The molecule has 0 amide bonds. The van der Waals surface area contributed by atoms with Crippen LogP contribution >= 0.6 is 0 Å². The van der Waals surface area contributed by atoms with Crippen LogP contribution in [0.4, 0.5) is 22.0 Å². The predicted molar refractivity (Wildman–Crippen MR) is 84.2 cm³/mol. The quantitative estimate of drug-likeness (QED) is 0.417. The van der Waals surface area contributed by atoms with Gasteiger partial charge in [-0.25, -0.2) is 13.2 Å². The molecule has 0 aromatic heterocycles. The highest BCUT2D eigenvalue weighted by Gasteiger charge is 2.35. The van der Waals surface area contributed by atoms with Crippen molar-refractivity contribution in [3.05, 3.63) is 77.1 Å². The molecule has 6 heteroatoms. The van der Waals surface area contributed by atoms with Crippen LogP contribution in [0.2, 0.25) is 0 Å². The van der Waals surface area contributed by atoms with Gasteiger partial charge in [-0.15, -0.1) is 0 Å². The molecule has 3 aromatic rings. The monoisotopic (exact) mass is 352 g/mol. The van der Waals surface area contributed by atoms with Gasteiger partial charge in [-0.2, -0.15) is 8.78 Å². The summed E-state index contributed by atoms with van der Waals surface area (Å²) in [5.74, 6) is -5.75. The Labute approximate surface area is 140 Å². The van der Waals surface area contributed by atoms with E-state index in [4.69, 9.17) is 0 Å². The number of aryl methyl sites for hydroxylation is 1. The van der Waals surface area contributed by atoms with Crippen molar-refractivity contribution in [1.82, 2.24) is 0 Å². The van der Waals surface area contributed by atoms with Crippen molar-refractivity contribution in [2.45, 2.75) is 19.5 Å². The van der Waals surface area contributed by atoms with Gasteiger partial charge in [0.25, 0.3) is 0 Å². The number of ether oxygens (including phenoxy) is 1. The number of alkyl halides is 2. The first-order valence-electron chi connectivity index (χ1n) is 7.54. The maximum atomic E-state index is 14.3. The molecule has 0 saturated heterocycles. The van der Waals surface area contributed by atoms with E-state index in [-0.39, 0.29) is 0 Å². The molecule has 25 heavy (non-hydrogen) atoms. The van der Waals surface area contributed by atoms with Gasteiger partial charge >= 0.3 is 6.11 Å². The summed E-state index contributed by atoms with van der Waals surface area (Å²) in [7, 11) is 0. The van der Waals surface area contributed by atoms with Gasteiger partial charge in [-0.1, -0.05) is 31.2 Å². The molecule has 0 aliphatic rings. The lowest BCUT2D eigenvalue weighted by Gasteiger charge is -2.19. The lowest BCUT2D eigenvalue weighted by atomic mass is 10.0. The van der Waals surface area contributed by atoms with E-state index in [2.05, 4.69) is 4.74 Å². The molecule has 0 radical (unpaired) electrons. The minimum absolute atomic E-state index is 0.376. The van der Waals surface area contributed by atoms with Crippen molar-refractivity contribution in [3.63, 3.8) is 0 Å². The minimum Gasteiger partial charge on any atom is -0.429 e. The van der Waals surface area contributed by atoms with Gasteiger partial charge in [0, 0.05) is 12.1 Å². The van der Waals surface area contributed by atoms with Crippen molar-refractivity contribution in [2.75, 3.05) is 0 Å². The fourth-order valence-electron chi connectivity index (χ4n) is 2.49. The Morgan fingerprint density at radius 1 is 0.840 bits per heavy atom. The summed E-state index contributed by atoms with van der Waals surface area (Å²) in [6.07, 6.45) is -3.02. The van der Waals surface area contributed by atoms with Gasteiger partial charge in [0.2, 0.25) is 0 Å². The van der Waals surface area contributed by atoms with Crippen LogP contribution in [0.25, 0.3) is 10.8 Å². The van der Waals surface area contributed by atoms with Crippen molar-refractivity contribution in [3.8, 4) is 5.75 Å². The highest BCUT2D eigenvalue weighted by atomic mass is 19.3. The first-order chi connectivity index (χ1) is 11.8. The molecular formula is C19H13F5O. The van der Waals surface area contributed by atoms with E-state index < -0.39 is 34.9 Å². The molecule has 0 bridgehead atoms. The summed E-state index contributed by atoms with van der Waals surface area (Å²) < 4.78 is 72.3. The first-order valence-corrected chi connectivity index (χ1v) is 7.54. The van der Waals surface area contributed by atoms with Crippen molar-refractivity contribution in [2.24, 2.45) is 0 Å². The largest absolute Gasteiger partial charge is 0.429 e. The molecule has 3 rings (SSSR count). The Balaban J connectivity index is 1.95. The topological polar surface area (TPSA) is 9.23 Å². The highest BCUT2D eigenvalue weighted by Crippen LogP contribution is 2.34. The van der Waals surface area contributed by atoms with Gasteiger partial charge in [-0.05, 0) is 34.9 Å². The Kier molecular flexibility index (Phi) is 4.37. The van der Waals surface area contributed by atoms with Crippen molar-refractivity contribution in [1.29, 1.82) is 0 Å². The van der Waals surface area contributed by atoms with E-state index in [1.54, 1.807) is 6.07 Å². The lowest BCUT2D eigenvalue weighted by Crippen LogP contribution is -2.22. The van der Waals surface area contributed by atoms with Crippen molar-refractivity contribution < 1.29 is 26.7 Å². The summed E-state index contributed by atoms with van der Waals surface area (Å²) in [4.78, 5) is 0. The molecular weight excluding hydrogens is 339 g/mol. The SMILES string of the molecule is CCc1ccc2cc(C(F)(F)Oc3cc(F)c(F)c(F)c3)ccc2c1. The zero-order chi connectivity index (χ0) is 18.2. The number of hydrogen-bond donors (Lipinski definition) is 0. The third-order valence-electron chi connectivity index (χ3n) is 3.85. The molecule has 3 aromatic carbocycles. The summed E-state index contributed by atoms with van der Waals surface area (Å²) in [5, 5.41) is 1.37. The molecule has 1 nitrogen and oxygen atoms in total. The van der Waals surface area contributed by atoms with Crippen LogP contribution in [-0.4, -0.2) is 0 Å². The van der Waals surface area contributed by atoms with E-state index in [0.29, 0.717) is 17.5 Å². The van der Waals surface area contributed by atoms with Crippen LogP contribution < -0.4 is 4.74 Å². The average molecular weight is 352 g/mol. The number of benzene rings is 3. The zero-order valence-electron chi connectivity index (χ0n) is 13.1. The molecule has 130 valence electrons. The second-order valence-electron chi connectivity index (χ2n) is 5.57. The fraction of sp³-hybridized carbons (Fsp3) is 0.158. The Hall–Kier alpha value is -2.63. The number of halogens is 5. The van der Waals surface area contributed by atoms with Crippen molar-refractivity contribution >= 4 is 10.8 Å². The molecule has 0 fully saturated rings. The first kappa shape index (κ1) is 17.2. The number of rotatable bonds is 4. The summed E-state index contributed by atoms with van der Waals surface area (Å²) >= 11 is 0. The summed E-state index contributed by atoms with van der Waals surface area (Å²) in [6.45, 7) is 1.98. The Morgan fingerprint density at radius 3 is 2.08 bits per heavy atom. The second kappa shape index (κ2) is 6.35. The molecule has 0 unspecified atom stereocenters. The minimum atomic E-state index is -3.84. The van der Waals surface area contributed by atoms with Gasteiger partial charge in [0.05, 0.1) is 5.56 Å². The fourth-order valence-corrected chi connectivity index (χ4v) is 2.49. The van der Waals surface area contributed by atoms with Gasteiger partial charge in [0.1, 0.15) is 5.75 Å². The van der Waals surface area contributed by atoms with E-state index in [0.717, 1.165) is 17.4 Å². The third kappa shape index (κ3) is 3.43. The molecule has 0 spiro atoms. The van der Waals surface area contributed by atoms with Crippen LogP contribution in [0.1, 0.15) is 18.1 Å². The highest BCUT2D eigenvalue weighted by molar-refractivity contribution is 5.84. The van der Waals surface area contributed by atoms with Crippen LogP contribution in [0.5, 0.6) is 5.75 Å². The summed E-state index contributed by atoms with van der Waals surface area (Å²) in [6, 6.07) is 10.1. The molecule has 0 N–H and O–H groups in total. The van der Waals surface area contributed by atoms with E-state index in [1.165, 1.54) is 18.2 Å². The standard InChI is InChI=1S/C19H13F5O/c1-2-11-3-4-13-8-14(6-5-12(13)7-11)19(23,24)25-15-9-16(20)18(22)17(21)10-15/h3-10H,2H2,1H3. The molecule has 0 atom stereocenters. The summed E-state index contributed by atoms with van der Waals surface area (Å²) in [5.41, 5.74) is 0.593. The van der Waals surface area contributed by atoms with Gasteiger partial charge in [0.15, 0.2) is 17.5 Å². The second-order valence-corrected chi connectivity index (χ2v) is 5.57. The Bertz CT molecular complexity index is 913. The maximum Gasteiger partial charge on any atom is 0.426 e. The van der Waals surface area contributed by atoms with E-state index in [1.807, 2.05) is 19.1 Å². The van der Waals surface area contributed by atoms with E-state index >= 15 is 0 Å². The van der Waals surface area contributed by atoms with Gasteiger partial charge in [-0.3, -0.25) is 0 Å². The normalized spacial score (nSPS) is 11.8. The van der Waals surface area contributed by atoms with Gasteiger partial charge < -0.3 is 4.74 Å². The smallest absolute Gasteiger partial charge is 0.426 e. The Morgan fingerprint density at radius 2 is 1.44 bits per heavy atom. The predicted octanol–water partition coefficient (Wildman–Crippen LogP) is 5.95. The molecule has 0 aliphatic heterocycles. The molecule has 0 aliphatic carbocycles. The molecule has 0 saturated carbocycles. The lowest BCUT2D eigenvalue weighted by molar-refractivity contribution is -0.185. The van der Waals surface area contributed by atoms with Crippen LogP contribution in [-0.2, 0) is 12.5 Å². The zero-order valence-corrected chi connectivity index (χ0v) is 13.1. The van der Waals surface area contributed by atoms with Crippen LogP contribution in [0, 0.1) is 17.5 Å². The van der Waals surface area contributed by atoms with E-state index in [9.17, 15) is 22.0 Å². The number of hydrogen-bond acceptors (Lipinski definition) is 1.